The van der Waals surface area contributed by atoms with Crippen LogP contribution >= 0.6 is 0 Å². The SMILES string of the molecule is C1CC2C3CCC(C3)C2C1.C1CC2CC1C1CC21.C1CC2CC1C1CCC21.C1CC2CCC1CC2.C1CCC2CCC(C1)C2.C1CCC2CCC(C1)CC2.C1CCC2CCCC(C1)C2.C1CCC2CCCC(C1)CC2.C1CCC2CCCC(C1)CC2.C1CCC2CCCC(C1)CCC2.C1CCC2CCCC(C1)CCC2. The van der Waals surface area contributed by atoms with Crippen molar-refractivity contribution in [1.29, 1.82) is 0 Å². The van der Waals surface area contributed by atoms with E-state index in [0.29, 0.717) is 0 Å². The van der Waals surface area contributed by atoms with Crippen molar-refractivity contribution >= 4 is 0 Å². The van der Waals surface area contributed by atoms with Crippen LogP contribution in [0.3, 0.4) is 0 Å². The lowest BCUT2D eigenvalue weighted by atomic mass is 9.66. The molecule has 29 rings (SSSR count). The number of fused-ring (bicyclic) bond motifs is 47. The molecule has 29 aliphatic carbocycles. The van der Waals surface area contributed by atoms with E-state index >= 15 is 0 Å². The Hall–Kier alpha value is 0. The van der Waals surface area contributed by atoms with Gasteiger partial charge in [-0.1, -0.05) is 424 Å². The van der Waals surface area contributed by atoms with Gasteiger partial charge in [0.25, 0.3) is 0 Å². The summed E-state index contributed by atoms with van der Waals surface area (Å²) in [6.45, 7) is 0. The largest absolute Gasteiger partial charge is 0.0530 e. The molecule has 29 saturated carbocycles. The number of hydrogen-bond donors (Lipinski definition) is 0. The molecule has 0 aliphatic heterocycles. The molecule has 20 atom stereocenters. The van der Waals surface area contributed by atoms with Gasteiger partial charge in [0.15, 0.2) is 0 Å². The van der Waals surface area contributed by atoms with Crippen molar-refractivity contribution in [2.45, 2.75) is 527 Å². The van der Waals surface area contributed by atoms with Gasteiger partial charge in [-0.25, -0.2) is 0 Å². The molecule has 29 fully saturated rings. The van der Waals surface area contributed by atoms with Crippen molar-refractivity contribution in [3.05, 3.63) is 0 Å². The first-order valence-corrected chi connectivity index (χ1v) is 54.4. The Morgan fingerprint density at radius 1 is 0.0727 bits per heavy atom. The summed E-state index contributed by atoms with van der Waals surface area (Å²) in [5, 5.41) is 0. The molecule has 0 aromatic heterocycles. The minimum Gasteiger partial charge on any atom is -0.0530 e. The zero-order chi connectivity index (χ0) is 74.1. The topological polar surface area (TPSA) is 0 Å². The summed E-state index contributed by atoms with van der Waals surface area (Å²) in [4.78, 5) is 0. The van der Waals surface area contributed by atoms with Crippen molar-refractivity contribution in [2.75, 3.05) is 0 Å². The minimum atomic E-state index is 1.11. The fourth-order valence-corrected chi connectivity index (χ4v) is 33.1. The lowest BCUT2D eigenvalue weighted by Gasteiger charge is -2.40. The van der Waals surface area contributed by atoms with E-state index in [1.165, 1.54) is 206 Å². The minimum absolute atomic E-state index is 1.11. The summed E-state index contributed by atoms with van der Waals surface area (Å²) in [6.07, 6.45) is 128. The molecule has 0 heteroatoms. The van der Waals surface area contributed by atoms with Gasteiger partial charge >= 0.3 is 0 Å². The predicted molar refractivity (Wildman–Crippen MR) is 476 cm³/mol. The molecule has 22 bridgehead atoms. The molecule has 0 N–H and O–H groups in total. The van der Waals surface area contributed by atoms with Gasteiger partial charge in [0.1, 0.15) is 0 Å². The molecular weight excluding hydrogens is 1320 g/mol. The number of rotatable bonds is 0. The maximum atomic E-state index is 1.62. The van der Waals surface area contributed by atoms with E-state index < -0.39 is 0 Å². The average molecular weight is 1510 g/mol. The molecule has 0 aromatic carbocycles. The highest BCUT2D eigenvalue weighted by molar-refractivity contribution is 5.07. The monoisotopic (exact) mass is 1510 g/mol. The Labute approximate surface area is 687 Å². The first kappa shape index (κ1) is 85.0. The van der Waals surface area contributed by atoms with Crippen LogP contribution in [0.4, 0.5) is 0 Å². The third-order valence-corrected chi connectivity index (χ3v) is 40.2. The third kappa shape index (κ3) is 26.7. The molecule has 0 heterocycles. The number of hydrogen-bond acceptors (Lipinski definition) is 0. The third-order valence-electron chi connectivity index (χ3n) is 40.2. The van der Waals surface area contributed by atoms with Crippen molar-refractivity contribution < 1.29 is 0 Å². The molecule has 0 saturated heterocycles. The molecule has 0 amide bonds. The normalized spacial score (nSPS) is 45.4. The van der Waals surface area contributed by atoms with Gasteiger partial charge in [-0.15, -0.1) is 0 Å². The van der Waals surface area contributed by atoms with Crippen LogP contribution in [0.25, 0.3) is 0 Å². The van der Waals surface area contributed by atoms with E-state index in [2.05, 4.69) is 0 Å². The second kappa shape index (κ2) is 46.1. The Morgan fingerprint density at radius 2 is 0.209 bits per heavy atom. The molecule has 0 nitrogen and oxygen atoms in total. The maximum absolute atomic E-state index is 1.62. The lowest BCUT2D eigenvalue weighted by molar-refractivity contribution is 0.103. The van der Waals surface area contributed by atoms with Crippen LogP contribution in [0.2, 0.25) is 0 Å². The fraction of sp³-hybridized carbons (Fsp3) is 1.00. The lowest BCUT2D eigenvalue weighted by Crippen LogP contribution is -2.31. The zero-order valence-electron chi connectivity index (χ0n) is 74.1. The summed E-state index contributed by atoms with van der Waals surface area (Å²) in [7, 11) is 0. The summed E-state index contributed by atoms with van der Waals surface area (Å²) in [5.74, 6) is 32.7. The molecule has 0 aromatic rings. The molecule has 0 spiro atoms. The smallest absolute Gasteiger partial charge is 0.0352 e. The van der Waals surface area contributed by atoms with E-state index in [9.17, 15) is 0 Å². The first-order chi connectivity index (χ1) is 54.4. The maximum Gasteiger partial charge on any atom is -0.0352 e. The molecular formula is C110H192. The second-order valence-corrected chi connectivity index (χ2v) is 47.2. The summed E-state index contributed by atoms with van der Waals surface area (Å²) in [5.41, 5.74) is 0. The highest BCUT2D eigenvalue weighted by atomic mass is 14.6. The highest BCUT2D eigenvalue weighted by Gasteiger charge is 2.57. The molecule has 632 valence electrons. The molecule has 20 unspecified atom stereocenters. The molecule has 0 radical (unpaired) electrons. The Bertz CT molecular complexity index is 2150. The van der Waals surface area contributed by atoms with E-state index in [0.717, 1.165) is 94.7 Å². The fourth-order valence-electron chi connectivity index (χ4n) is 33.1. The Kier molecular flexibility index (Phi) is 35.7. The molecule has 29 aliphatic rings. The van der Waals surface area contributed by atoms with Gasteiger partial charge in [0, 0.05) is 0 Å². The van der Waals surface area contributed by atoms with Crippen LogP contribution in [0.15, 0.2) is 0 Å². The Morgan fingerprint density at radius 3 is 0.418 bits per heavy atom. The van der Waals surface area contributed by atoms with E-state index in [-0.39, 0.29) is 0 Å². The first-order valence-electron chi connectivity index (χ1n) is 54.4. The Balaban J connectivity index is 0.0000000962. The summed E-state index contributed by atoms with van der Waals surface area (Å²) >= 11 is 0. The van der Waals surface area contributed by atoms with E-state index in [1.807, 2.05) is 0 Å². The second-order valence-electron chi connectivity index (χ2n) is 47.2. The van der Waals surface area contributed by atoms with E-state index in [1.54, 1.807) is 392 Å². The van der Waals surface area contributed by atoms with Crippen molar-refractivity contribution in [1.82, 2.24) is 0 Å². The quantitative estimate of drug-likeness (QED) is 0.227. The van der Waals surface area contributed by atoms with Crippen LogP contribution in [0.5, 0.6) is 0 Å². The van der Waals surface area contributed by atoms with Gasteiger partial charge in [-0.3, -0.25) is 0 Å². The standard InChI is InChI=1S/2C12H22.2C11H20.C10H16.2C10H18.C9H14.C9H16.C8H12.C8H14/c2*1-2-6-12-9-3-7-11(5-1)8-4-10-12;2*1-2-5-11-7-3-6-10(4-1)8-9-11;1-2-9-7-4-5-8(6-7)10(9)3-1;1-2-5-10-7-3-6-9(4-1)8-10;1-2-4-10-7-5-9(3-1)6-8-10;1-2-7-5-6(1)8-3-4-9(7)8;1-2-4-9-6-5-8(3-1)7-9;1-2-6-3-5(1)7-4-8(6)7;1-2-8-5-3-7(1)4-6-8/h2*11-12H,1-10H2;2*10-11H,1-9H2;7-10H,1-6H2;2*9-10H,1-8H2;6-9H,1-5H2;8-9H,1-7H2;5-8H,1-4H2;7-8H,1-6H2. The van der Waals surface area contributed by atoms with Crippen molar-refractivity contribution in [3.8, 4) is 0 Å². The average Bonchev–Trinajstić information content (AvgIpc) is 1.59. The summed E-state index contributed by atoms with van der Waals surface area (Å²) < 4.78 is 0. The van der Waals surface area contributed by atoms with Crippen LogP contribution < -0.4 is 0 Å². The van der Waals surface area contributed by atoms with Crippen LogP contribution in [-0.4, -0.2) is 0 Å². The van der Waals surface area contributed by atoms with Gasteiger partial charge in [-0.05, 0) is 268 Å². The summed E-state index contributed by atoms with van der Waals surface area (Å²) in [6, 6.07) is 0. The molecule has 110 heavy (non-hydrogen) atoms. The van der Waals surface area contributed by atoms with Crippen molar-refractivity contribution in [2.24, 2.45) is 166 Å². The highest BCUT2D eigenvalue weighted by Crippen LogP contribution is 2.66. The predicted octanol–water partition coefficient (Wildman–Crippen LogP) is 35.4. The van der Waals surface area contributed by atoms with Crippen LogP contribution in [0.1, 0.15) is 527 Å². The van der Waals surface area contributed by atoms with Gasteiger partial charge in [0.2, 0.25) is 0 Å². The van der Waals surface area contributed by atoms with Crippen molar-refractivity contribution in [3.63, 3.8) is 0 Å². The van der Waals surface area contributed by atoms with Crippen LogP contribution in [-0.2, 0) is 0 Å². The zero-order valence-corrected chi connectivity index (χ0v) is 74.1. The van der Waals surface area contributed by atoms with Gasteiger partial charge < -0.3 is 0 Å². The van der Waals surface area contributed by atoms with Crippen LogP contribution in [0, 0.1) is 166 Å². The van der Waals surface area contributed by atoms with Gasteiger partial charge in [-0.2, -0.15) is 0 Å². The van der Waals surface area contributed by atoms with Gasteiger partial charge in [0.05, 0.1) is 0 Å². The van der Waals surface area contributed by atoms with E-state index in [4.69, 9.17) is 0 Å².